The number of benzene rings is 2. The van der Waals surface area contributed by atoms with E-state index >= 15 is 0 Å². The largest absolute Gasteiger partial charge is 0.395 e. The number of hydrogen-bond donors (Lipinski definition) is 2. The molecule has 2 aromatic carbocycles. The zero-order valence-corrected chi connectivity index (χ0v) is 15.5. The van der Waals surface area contributed by atoms with E-state index in [1.807, 2.05) is 42.5 Å². The molecule has 0 radical (unpaired) electrons. The van der Waals surface area contributed by atoms with E-state index < -0.39 is 11.8 Å². The van der Waals surface area contributed by atoms with Gasteiger partial charge in [-0.1, -0.05) is 63.2 Å². The van der Waals surface area contributed by atoms with Crippen LogP contribution in [0.1, 0.15) is 31.9 Å². The Bertz CT molecular complexity index is 734. The van der Waals surface area contributed by atoms with E-state index in [0.29, 0.717) is 5.69 Å². The van der Waals surface area contributed by atoms with Crippen LogP contribution in [0.2, 0.25) is 0 Å². The summed E-state index contributed by atoms with van der Waals surface area (Å²) < 4.78 is 0. The summed E-state index contributed by atoms with van der Waals surface area (Å²) in [5.41, 5.74) is 2.64. The SMILES string of the molecule is CC(C)(C)c1ccc(NC(=O)C(=O)N(CCO)Cc2ccccc2)cc1. The second-order valence-corrected chi connectivity index (χ2v) is 7.22. The van der Waals surface area contributed by atoms with Crippen molar-refractivity contribution in [3.63, 3.8) is 0 Å². The molecule has 0 heterocycles. The highest BCUT2D eigenvalue weighted by Gasteiger charge is 2.22. The van der Waals surface area contributed by atoms with Crippen molar-refractivity contribution in [2.24, 2.45) is 0 Å². The number of hydrogen-bond acceptors (Lipinski definition) is 3. The molecule has 0 bridgehead atoms. The van der Waals surface area contributed by atoms with Gasteiger partial charge in [-0.25, -0.2) is 0 Å². The van der Waals surface area contributed by atoms with Gasteiger partial charge >= 0.3 is 11.8 Å². The summed E-state index contributed by atoms with van der Waals surface area (Å²) in [5, 5.41) is 11.8. The molecule has 26 heavy (non-hydrogen) atoms. The number of carbonyl (C=O) groups is 2. The monoisotopic (exact) mass is 354 g/mol. The average molecular weight is 354 g/mol. The lowest BCUT2D eigenvalue weighted by atomic mass is 9.87. The van der Waals surface area contributed by atoms with Crippen molar-refractivity contribution in [1.82, 2.24) is 4.90 Å². The molecule has 0 atom stereocenters. The number of amides is 2. The van der Waals surface area contributed by atoms with Crippen LogP contribution in [0.15, 0.2) is 54.6 Å². The molecule has 138 valence electrons. The van der Waals surface area contributed by atoms with Gasteiger partial charge in [0.15, 0.2) is 0 Å². The fourth-order valence-corrected chi connectivity index (χ4v) is 2.56. The molecule has 2 rings (SSSR count). The van der Waals surface area contributed by atoms with Gasteiger partial charge in [0.1, 0.15) is 0 Å². The summed E-state index contributed by atoms with van der Waals surface area (Å²) in [7, 11) is 0. The van der Waals surface area contributed by atoms with Crippen LogP contribution in [-0.4, -0.2) is 35.0 Å². The summed E-state index contributed by atoms with van der Waals surface area (Å²) in [4.78, 5) is 26.1. The third-order valence-electron chi connectivity index (χ3n) is 4.08. The Hall–Kier alpha value is -2.66. The molecule has 0 aliphatic carbocycles. The van der Waals surface area contributed by atoms with E-state index in [9.17, 15) is 14.7 Å². The number of anilines is 1. The van der Waals surface area contributed by atoms with Crippen molar-refractivity contribution in [3.05, 3.63) is 65.7 Å². The van der Waals surface area contributed by atoms with E-state index in [0.717, 1.165) is 11.1 Å². The number of aliphatic hydroxyl groups excluding tert-OH is 1. The zero-order chi connectivity index (χ0) is 19.2. The molecule has 2 amide bonds. The first-order chi connectivity index (χ1) is 12.3. The Morgan fingerprint density at radius 2 is 1.62 bits per heavy atom. The topological polar surface area (TPSA) is 69.6 Å². The van der Waals surface area contributed by atoms with Crippen LogP contribution >= 0.6 is 0 Å². The molecular formula is C21H26N2O3. The smallest absolute Gasteiger partial charge is 0.313 e. The highest BCUT2D eigenvalue weighted by Crippen LogP contribution is 2.23. The summed E-state index contributed by atoms with van der Waals surface area (Å²) in [6, 6.07) is 16.8. The Morgan fingerprint density at radius 3 is 2.15 bits per heavy atom. The Labute approximate surface area is 154 Å². The molecule has 5 nitrogen and oxygen atoms in total. The van der Waals surface area contributed by atoms with Gasteiger partial charge in [0.05, 0.1) is 6.61 Å². The van der Waals surface area contributed by atoms with Gasteiger partial charge in [-0.05, 0) is 28.7 Å². The Morgan fingerprint density at radius 1 is 1.00 bits per heavy atom. The first kappa shape index (κ1) is 19.7. The predicted octanol–water partition coefficient (Wildman–Crippen LogP) is 2.94. The number of carbonyl (C=O) groups excluding carboxylic acids is 2. The van der Waals surface area contributed by atoms with Gasteiger partial charge in [-0.15, -0.1) is 0 Å². The minimum Gasteiger partial charge on any atom is -0.395 e. The average Bonchev–Trinajstić information content (AvgIpc) is 2.61. The van der Waals surface area contributed by atoms with Crippen LogP contribution in [0, 0.1) is 0 Å². The first-order valence-corrected chi connectivity index (χ1v) is 8.67. The second-order valence-electron chi connectivity index (χ2n) is 7.22. The predicted molar refractivity (Wildman–Crippen MR) is 103 cm³/mol. The van der Waals surface area contributed by atoms with Crippen LogP contribution in [0.3, 0.4) is 0 Å². The summed E-state index contributed by atoms with van der Waals surface area (Å²) in [6.07, 6.45) is 0. The molecular weight excluding hydrogens is 328 g/mol. The van der Waals surface area contributed by atoms with Crippen LogP contribution < -0.4 is 5.32 Å². The van der Waals surface area contributed by atoms with Crippen molar-refractivity contribution in [3.8, 4) is 0 Å². The quantitative estimate of drug-likeness (QED) is 0.811. The molecule has 0 unspecified atom stereocenters. The normalized spacial score (nSPS) is 11.1. The Balaban J connectivity index is 2.05. The minimum atomic E-state index is -0.710. The lowest BCUT2D eigenvalue weighted by Crippen LogP contribution is -2.40. The lowest BCUT2D eigenvalue weighted by molar-refractivity contribution is -0.143. The highest BCUT2D eigenvalue weighted by molar-refractivity contribution is 6.39. The zero-order valence-electron chi connectivity index (χ0n) is 15.5. The van der Waals surface area contributed by atoms with Crippen molar-refractivity contribution < 1.29 is 14.7 Å². The molecule has 0 saturated carbocycles. The molecule has 0 spiro atoms. The van der Waals surface area contributed by atoms with Gasteiger partial charge in [0.25, 0.3) is 0 Å². The van der Waals surface area contributed by atoms with Crippen molar-refractivity contribution >= 4 is 17.5 Å². The Kier molecular flexibility index (Phi) is 6.52. The summed E-state index contributed by atoms with van der Waals surface area (Å²) in [5.74, 6) is -1.37. The van der Waals surface area contributed by atoms with Gasteiger partial charge in [0.2, 0.25) is 0 Å². The maximum atomic E-state index is 12.5. The summed E-state index contributed by atoms with van der Waals surface area (Å²) in [6.45, 7) is 6.51. The van der Waals surface area contributed by atoms with E-state index in [2.05, 4.69) is 26.1 Å². The van der Waals surface area contributed by atoms with Crippen LogP contribution in [0.4, 0.5) is 5.69 Å². The fraction of sp³-hybridized carbons (Fsp3) is 0.333. The van der Waals surface area contributed by atoms with Crippen LogP contribution in [-0.2, 0) is 21.5 Å². The van der Waals surface area contributed by atoms with Crippen LogP contribution in [0.25, 0.3) is 0 Å². The van der Waals surface area contributed by atoms with Crippen molar-refractivity contribution in [1.29, 1.82) is 0 Å². The highest BCUT2D eigenvalue weighted by atomic mass is 16.3. The minimum absolute atomic E-state index is 0.0198. The molecule has 2 aromatic rings. The standard InChI is InChI=1S/C21H26N2O3/c1-21(2,3)17-9-11-18(12-10-17)22-19(25)20(26)23(13-14-24)15-16-7-5-4-6-8-16/h4-12,24H,13-15H2,1-3H3,(H,22,25). The molecule has 5 heteroatoms. The van der Waals surface area contributed by atoms with Gasteiger partial charge in [-0.2, -0.15) is 0 Å². The molecule has 0 saturated heterocycles. The third kappa shape index (κ3) is 5.43. The molecule has 2 N–H and O–H groups in total. The van der Waals surface area contributed by atoms with Gasteiger partial charge in [0, 0.05) is 18.8 Å². The van der Waals surface area contributed by atoms with E-state index in [1.54, 1.807) is 12.1 Å². The maximum absolute atomic E-state index is 12.5. The second kappa shape index (κ2) is 8.63. The lowest BCUT2D eigenvalue weighted by Gasteiger charge is -2.22. The summed E-state index contributed by atoms with van der Waals surface area (Å²) >= 11 is 0. The van der Waals surface area contributed by atoms with Crippen molar-refractivity contribution in [2.45, 2.75) is 32.7 Å². The fourth-order valence-electron chi connectivity index (χ4n) is 2.56. The number of nitrogens with one attached hydrogen (secondary N) is 1. The van der Waals surface area contributed by atoms with Crippen molar-refractivity contribution in [2.75, 3.05) is 18.5 Å². The van der Waals surface area contributed by atoms with Gasteiger partial charge < -0.3 is 15.3 Å². The van der Waals surface area contributed by atoms with Crippen LogP contribution in [0.5, 0.6) is 0 Å². The van der Waals surface area contributed by atoms with E-state index in [4.69, 9.17) is 0 Å². The maximum Gasteiger partial charge on any atom is 0.313 e. The molecule has 0 aliphatic rings. The number of aliphatic hydroxyl groups is 1. The molecule has 0 aliphatic heterocycles. The molecule has 0 fully saturated rings. The number of nitrogens with zero attached hydrogens (tertiary/aromatic N) is 1. The van der Waals surface area contributed by atoms with E-state index in [1.165, 1.54) is 4.90 Å². The van der Waals surface area contributed by atoms with E-state index in [-0.39, 0.29) is 25.1 Å². The third-order valence-corrected chi connectivity index (χ3v) is 4.08. The number of rotatable bonds is 5. The van der Waals surface area contributed by atoms with Gasteiger partial charge in [-0.3, -0.25) is 9.59 Å². The first-order valence-electron chi connectivity index (χ1n) is 8.67. The molecule has 0 aromatic heterocycles.